The van der Waals surface area contributed by atoms with Crippen LogP contribution >= 0.6 is 0 Å². The fourth-order valence-corrected chi connectivity index (χ4v) is 7.77. The number of hydrogen-bond donors (Lipinski definition) is 5. The smallest absolute Gasteiger partial charge is 0.451 e. The Bertz CT molecular complexity index is 2220. The molecule has 2 saturated carbocycles. The van der Waals surface area contributed by atoms with Gasteiger partial charge in [0, 0.05) is 43.7 Å². The monoisotopic (exact) mass is 812 g/mol. The number of aliphatic hydroxyl groups excluding tert-OH is 1. The maximum atomic E-state index is 13.6. The molecule has 59 heavy (non-hydrogen) atoms. The summed E-state index contributed by atoms with van der Waals surface area (Å²) in [6.45, 7) is 1.42. The first kappa shape index (κ1) is 39.5. The molecule has 5 atom stereocenters. The van der Waals surface area contributed by atoms with Crippen LogP contribution in [0.1, 0.15) is 54.5 Å². The highest BCUT2D eigenvalue weighted by Crippen LogP contribution is 2.39. The highest BCUT2D eigenvalue weighted by molar-refractivity contribution is 5.85. The average Bonchev–Trinajstić information content (AvgIpc) is 3.74. The van der Waals surface area contributed by atoms with Crippen LogP contribution in [0, 0.1) is 5.92 Å². The molecule has 1 aliphatic heterocycles. The number of aliphatic hydroxyl groups is 1. The van der Waals surface area contributed by atoms with Crippen LogP contribution in [0.3, 0.4) is 0 Å². The highest BCUT2D eigenvalue weighted by Gasteiger charge is 2.52. The maximum absolute atomic E-state index is 13.6. The summed E-state index contributed by atoms with van der Waals surface area (Å²) >= 11 is 0. The summed E-state index contributed by atoms with van der Waals surface area (Å²) in [7, 11) is 0. The zero-order valence-electron chi connectivity index (χ0n) is 31.8. The molecule has 8 rings (SSSR count). The van der Waals surface area contributed by atoms with E-state index in [9.17, 15) is 32.7 Å². The van der Waals surface area contributed by atoms with Crippen molar-refractivity contribution in [2.45, 2.75) is 74.7 Å². The highest BCUT2D eigenvalue weighted by atomic mass is 19.4. The lowest BCUT2D eigenvalue weighted by Crippen LogP contribution is -2.45. The summed E-state index contributed by atoms with van der Waals surface area (Å²) in [6.07, 6.45) is -3.83. The predicted octanol–water partition coefficient (Wildman–Crippen LogP) is 4.22. The number of rotatable bonds is 13. The van der Waals surface area contributed by atoms with Crippen molar-refractivity contribution >= 4 is 40.8 Å². The zero-order valence-corrected chi connectivity index (χ0v) is 31.8. The molecule has 5 N–H and O–H groups in total. The van der Waals surface area contributed by atoms with Crippen LogP contribution in [0.2, 0.25) is 0 Å². The number of benzene rings is 2. The molecule has 5 aromatic rings. The summed E-state index contributed by atoms with van der Waals surface area (Å²) in [4.78, 5) is 58.4. The lowest BCUT2D eigenvalue weighted by molar-refractivity contribution is -0.209. The SMILES string of the molecule is O=C(NCc1ccccn1)N[C@@H]1CCN(c2nc(NCC(c3ccccc3)c3ccccc3)c3ncn(C4C[C@H](NC(=O)C5CC5)[C@@H](O)C4OC(=O)C(F)(F)F)c3n2)C1. The molecule has 18 heteroatoms. The molecule has 2 aliphatic carbocycles. The van der Waals surface area contributed by atoms with Gasteiger partial charge in [0.25, 0.3) is 0 Å². The van der Waals surface area contributed by atoms with Crippen LogP contribution in [0.4, 0.5) is 29.7 Å². The fraction of sp³-hybridized carbons (Fsp3) is 0.390. The molecule has 308 valence electrons. The number of amides is 3. The topological polar surface area (TPSA) is 189 Å². The van der Waals surface area contributed by atoms with Gasteiger partial charge in [0.15, 0.2) is 23.1 Å². The number of alkyl halides is 3. The normalized spacial score (nSPS) is 21.7. The lowest BCUT2D eigenvalue weighted by Gasteiger charge is -2.25. The van der Waals surface area contributed by atoms with E-state index in [4.69, 9.17) is 14.7 Å². The quantitative estimate of drug-likeness (QED) is 0.107. The number of imidazole rings is 1. The number of anilines is 2. The number of ether oxygens (including phenoxy) is 1. The number of pyridine rings is 1. The number of halogens is 3. The number of urea groups is 1. The minimum Gasteiger partial charge on any atom is -0.451 e. The van der Waals surface area contributed by atoms with E-state index in [1.165, 1.54) is 10.9 Å². The second-order valence-corrected chi connectivity index (χ2v) is 15.1. The van der Waals surface area contributed by atoms with E-state index < -0.39 is 36.4 Å². The average molecular weight is 813 g/mol. The Balaban J connectivity index is 1.11. The van der Waals surface area contributed by atoms with Crippen molar-refractivity contribution in [3.63, 3.8) is 0 Å². The van der Waals surface area contributed by atoms with Gasteiger partial charge in [-0.3, -0.25) is 9.78 Å². The van der Waals surface area contributed by atoms with Crippen LogP contribution in [-0.2, 0) is 20.9 Å². The molecule has 3 aromatic heterocycles. The Hall–Kier alpha value is -6.30. The van der Waals surface area contributed by atoms with Crippen molar-refractivity contribution in [2.75, 3.05) is 29.9 Å². The maximum Gasteiger partial charge on any atom is 0.490 e. The van der Waals surface area contributed by atoms with Crippen molar-refractivity contribution in [2.24, 2.45) is 5.92 Å². The number of esters is 1. The van der Waals surface area contributed by atoms with Crippen LogP contribution in [-0.4, -0.2) is 97.6 Å². The molecule has 2 aromatic carbocycles. The summed E-state index contributed by atoms with van der Waals surface area (Å²) in [5.41, 5.74) is 3.29. The van der Waals surface area contributed by atoms with Crippen molar-refractivity contribution < 1.29 is 37.4 Å². The first-order valence-electron chi connectivity index (χ1n) is 19.6. The Morgan fingerprint density at radius 2 is 1.61 bits per heavy atom. The molecule has 0 radical (unpaired) electrons. The molecule has 15 nitrogen and oxygen atoms in total. The largest absolute Gasteiger partial charge is 0.490 e. The first-order chi connectivity index (χ1) is 28.5. The third-order valence-corrected chi connectivity index (χ3v) is 11.0. The Morgan fingerprint density at radius 1 is 0.898 bits per heavy atom. The molecular formula is C41H43F3N10O5. The van der Waals surface area contributed by atoms with Gasteiger partial charge in [0.1, 0.15) is 6.10 Å². The summed E-state index contributed by atoms with van der Waals surface area (Å²) in [5.74, 6) is -2.55. The van der Waals surface area contributed by atoms with E-state index in [2.05, 4.69) is 31.2 Å². The van der Waals surface area contributed by atoms with Gasteiger partial charge < -0.3 is 40.6 Å². The van der Waals surface area contributed by atoms with Crippen LogP contribution in [0.25, 0.3) is 11.2 Å². The molecule has 0 bridgehead atoms. The van der Waals surface area contributed by atoms with E-state index >= 15 is 0 Å². The van der Waals surface area contributed by atoms with Gasteiger partial charge in [-0.25, -0.2) is 14.6 Å². The second-order valence-electron chi connectivity index (χ2n) is 15.1. The number of nitrogens with one attached hydrogen (secondary N) is 4. The number of fused-ring (bicyclic) bond motifs is 1. The Morgan fingerprint density at radius 3 is 2.27 bits per heavy atom. The van der Waals surface area contributed by atoms with Crippen LogP contribution < -0.4 is 26.2 Å². The van der Waals surface area contributed by atoms with Gasteiger partial charge in [-0.15, -0.1) is 0 Å². The van der Waals surface area contributed by atoms with Crippen molar-refractivity contribution in [3.8, 4) is 0 Å². The van der Waals surface area contributed by atoms with E-state index in [1.54, 1.807) is 12.3 Å². The minimum atomic E-state index is -5.33. The molecule has 0 spiro atoms. The van der Waals surface area contributed by atoms with Gasteiger partial charge in [-0.2, -0.15) is 23.1 Å². The van der Waals surface area contributed by atoms with Gasteiger partial charge in [-0.1, -0.05) is 66.7 Å². The standard InChI is InChI=1S/C41H43F3N10O5/c42-41(43,44)38(57)59-34-31(19-30(33(34)55)50-37(56)26-14-15-26)54-23-48-32-35(46-21-29(24-9-3-1-4-10-24)25-11-5-2-6-12-25)51-39(52-36(32)54)53-18-16-28(22-53)49-40(58)47-20-27-13-7-8-17-45-27/h1-13,17,23,26,28-31,33-34,55H,14-16,18-22H2,(H,50,56)(H,46,51,52)(H2,47,49,58)/t28-,30+,31?,33-,34?/m1/s1. The molecule has 3 aliphatic rings. The van der Waals surface area contributed by atoms with E-state index in [-0.39, 0.29) is 59.9 Å². The molecule has 4 heterocycles. The zero-order chi connectivity index (χ0) is 41.1. The van der Waals surface area contributed by atoms with Crippen LogP contribution in [0.15, 0.2) is 91.4 Å². The van der Waals surface area contributed by atoms with Crippen molar-refractivity contribution in [1.29, 1.82) is 0 Å². The summed E-state index contributed by atoms with van der Waals surface area (Å²) in [6, 6.07) is 22.5. The number of carbonyl (C=O) groups excluding carboxylic acids is 3. The predicted molar refractivity (Wildman–Crippen MR) is 209 cm³/mol. The van der Waals surface area contributed by atoms with Crippen molar-refractivity contribution in [1.82, 2.24) is 40.5 Å². The lowest BCUT2D eigenvalue weighted by atomic mass is 9.91. The van der Waals surface area contributed by atoms with Crippen LogP contribution in [0.5, 0.6) is 0 Å². The molecule has 3 amide bonds. The number of aromatic nitrogens is 5. The van der Waals surface area contributed by atoms with E-state index in [0.717, 1.165) is 11.1 Å². The van der Waals surface area contributed by atoms with Gasteiger partial charge >= 0.3 is 18.2 Å². The summed E-state index contributed by atoms with van der Waals surface area (Å²) < 4.78 is 47.1. The Kier molecular flexibility index (Phi) is 11.3. The van der Waals surface area contributed by atoms with E-state index in [0.29, 0.717) is 50.4 Å². The molecule has 2 unspecified atom stereocenters. The number of nitrogens with zero attached hydrogens (tertiary/aromatic N) is 6. The molecule has 1 saturated heterocycles. The number of hydrogen-bond acceptors (Lipinski definition) is 11. The van der Waals surface area contributed by atoms with Gasteiger partial charge in [0.2, 0.25) is 11.9 Å². The third-order valence-electron chi connectivity index (χ3n) is 11.0. The van der Waals surface area contributed by atoms with Crippen molar-refractivity contribution in [3.05, 3.63) is 108 Å². The Labute approximate surface area is 336 Å². The third kappa shape index (κ3) is 9.06. The molecule has 3 fully saturated rings. The fourth-order valence-electron chi connectivity index (χ4n) is 7.77. The molecular weight excluding hydrogens is 770 g/mol. The van der Waals surface area contributed by atoms with Gasteiger partial charge in [0.05, 0.1) is 30.6 Å². The van der Waals surface area contributed by atoms with Gasteiger partial charge in [-0.05, 0) is 48.9 Å². The second kappa shape index (κ2) is 16.9. The van der Waals surface area contributed by atoms with E-state index in [1.807, 2.05) is 77.7 Å². The minimum absolute atomic E-state index is 0.0730. The number of carbonyl (C=O) groups is 3. The summed E-state index contributed by atoms with van der Waals surface area (Å²) in [5, 5.41) is 23.4. The first-order valence-corrected chi connectivity index (χ1v) is 19.6.